The minimum atomic E-state index is -3.03. The molecule has 7 heteroatoms. The molecule has 1 unspecified atom stereocenters. The number of halogens is 1. The van der Waals surface area contributed by atoms with E-state index in [0.717, 1.165) is 0 Å². The van der Waals surface area contributed by atoms with Gasteiger partial charge in [0.1, 0.15) is 9.84 Å². The van der Waals surface area contributed by atoms with Crippen molar-refractivity contribution in [3.63, 3.8) is 0 Å². The number of hydrogen-bond donors (Lipinski definition) is 1. The average Bonchev–Trinajstić information content (AvgIpc) is 2.33. The zero-order valence-corrected chi connectivity index (χ0v) is 12.7. The van der Waals surface area contributed by atoms with E-state index in [9.17, 15) is 8.42 Å². The lowest BCUT2D eigenvalue weighted by atomic mass is 10.0. The summed E-state index contributed by atoms with van der Waals surface area (Å²) in [6, 6.07) is 2.94. The van der Waals surface area contributed by atoms with E-state index >= 15 is 0 Å². The lowest BCUT2D eigenvalue weighted by Crippen LogP contribution is -2.15. The number of benzene rings is 1. The van der Waals surface area contributed by atoms with Gasteiger partial charge >= 0.3 is 0 Å². The summed E-state index contributed by atoms with van der Waals surface area (Å²) < 4.78 is 32.6. The number of methoxy groups -OCH3 is 2. The molecule has 0 bridgehead atoms. The van der Waals surface area contributed by atoms with E-state index in [0.29, 0.717) is 28.5 Å². The largest absolute Gasteiger partial charge is 0.493 e. The topological polar surface area (TPSA) is 78.6 Å². The Labute approximate surface area is 118 Å². The van der Waals surface area contributed by atoms with Crippen molar-refractivity contribution in [1.29, 1.82) is 0 Å². The second-order valence-electron chi connectivity index (χ2n) is 4.26. The first kappa shape index (κ1) is 16.1. The molecule has 1 aromatic carbocycles. The van der Waals surface area contributed by atoms with E-state index in [1.54, 1.807) is 12.1 Å². The third kappa shape index (κ3) is 4.56. The van der Waals surface area contributed by atoms with E-state index in [4.69, 9.17) is 26.8 Å². The fourth-order valence-electron chi connectivity index (χ4n) is 1.66. The van der Waals surface area contributed by atoms with Gasteiger partial charge in [-0.05, 0) is 24.1 Å². The Morgan fingerprint density at radius 3 is 2.42 bits per heavy atom. The van der Waals surface area contributed by atoms with Gasteiger partial charge in [0.25, 0.3) is 0 Å². The number of ether oxygens (including phenoxy) is 2. The van der Waals surface area contributed by atoms with Crippen LogP contribution in [-0.4, -0.2) is 34.6 Å². The molecule has 1 rings (SSSR count). The van der Waals surface area contributed by atoms with E-state index in [1.807, 2.05) is 0 Å². The summed E-state index contributed by atoms with van der Waals surface area (Å²) in [6.07, 6.45) is 1.51. The average molecular weight is 308 g/mol. The lowest BCUT2D eigenvalue weighted by molar-refractivity contribution is 0.354. The van der Waals surface area contributed by atoms with Gasteiger partial charge in [0.15, 0.2) is 11.5 Å². The molecule has 0 aromatic heterocycles. The van der Waals surface area contributed by atoms with Gasteiger partial charge in [0.2, 0.25) is 0 Å². The number of nitrogens with two attached hydrogens (primary N) is 1. The molecule has 19 heavy (non-hydrogen) atoms. The maximum atomic E-state index is 11.1. The standard InChI is InChI=1S/C12H18ClNO4S/c1-17-11-7-8(6-9(13)12(11)18-2)10(14)4-5-19(3,15)16/h6-7,10H,4-5,14H2,1-3H3. The van der Waals surface area contributed by atoms with Crippen molar-refractivity contribution in [3.8, 4) is 11.5 Å². The van der Waals surface area contributed by atoms with Gasteiger partial charge in [0, 0.05) is 12.3 Å². The summed E-state index contributed by atoms with van der Waals surface area (Å²) in [4.78, 5) is 0. The van der Waals surface area contributed by atoms with Crippen molar-refractivity contribution in [2.24, 2.45) is 5.73 Å². The Morgan fingerprint density at radius 2 is 1.95 bits per heavy atom. The fraction of sp³-hybridized carbons (Fsp3) is 0.500. The van der Waals surface area contributed by atoms with Gasteiger partial charge in [-0.25, -0.2) is 8.42 Å². The van der Waals surface area contributed by atoms with Crippen LogP contribution in [0.3, 0.4) is 0 Å². The molecule has 2 N–H and O–H groups in total. The van der Waals surface area contributed by atoms with Crippen molar-refractivity contribution < 1.29 is 17.9 Å². The van der Waals surface area contributed by atoms with Crippen LogP contribution in [0.4, 0.5) is 0 Å². The summed E-state index contributed by atoms with van der Waals surface area (Å²) in [7, 11) is -0.0417. The third-order valence-electron chi connectivity index (χ3n) is 2.68. The molecule has 0 heterocycles. The van der Waals surface area contributed by atoms with Crippen LogP contribution in [0.5, 0.6) is 11.5 Å². The van der Waals surface area contributed by atoms with Gasteiger partial charge in [-0.15, -0.1) is 0 Å². The Bertz CT molecular complexity index is 545. The molecule has 0 fully saturated rings. The Morgan fingerprint density at radius 1 is 1.32 bits per heavy atom. The highest BCUT2D eigenvalue weighted by Crippen LogP contribution is 2.37. The molecule has 1 atom stereocenters. The number of sulfone groups is 1. The Balaban J connectivity index is 2.98. The molecule has 0 radical (unpaired) electrons. The first-order chi connectivity index (χ1) is 8.78. The van der Waals surface area contributed by atoms with Crippen molar-refractivity contribution in [1.82, 2.24) is 0 Å². The highest BCUT2D eigenvalue weighted by atomic mass is 35.5. The first-order valence-electron chi connectivity index (χ1n) is 5.63. The van der Waals surface area contributed by atoms with E-state index in [-0.39, 0.29) is 5.75 Å². The molecule has 0 amide bonds. The molecule has 0 aliphatic carbocycles. The van der Waals surface area contributed by atoms with Crippen molar-refractivity contribution in [2.45, 2.75) is 12.5 Å². The molecule has 0 spiro atoms. The Hall–Kier alpha value is -0.980. The summed E-state index contributed by atoms with van der Waals surface area (Å²) in [6.45, 7) is 0. The zero-order valence-electron chi connectivity index (χ0n) is 11.1. The van der Waals surface area contributed by atoms with E-state index in [1.165, 1.54) is 20.5 Å². The van der Waals surface area contributed by atoms with Gasteiger partial charge in [-0.1, -0.05) is 11.6 Å². The van der Waals surface area contributed by atoms with Crippen LogP contribution >= 0.6 is 11.6 Å². The summed E-state index contributed by atoms with van der Waals surface area (Å²) in [5.41, 5.74) is 6.68. The smallest absolute Gasteiger partial charge is 0.179 e. The minimum Gasteiger partial charge on any atom is -0.493 e. The predicted molar refractivity (Wildman–Crippen MR) is 75.8 cm³/mol. The van der Waals surface area contributed by atoms with Crippen LogP contribution in [0.25, 0.3) is 0 Å². The van der Waals surface area contributed by atoms with Crippen LogP contribution in [0.1, 0.15) is 18.0 Å². The summed E-state index contributed by atoms with van der Waals surface area (Å²) in [5.74, 6) is 0.933. The molecular formula is C12H18ClNO4S. The van der Waals surface area contributed by atoms with Crippen LogP contribution < -0.4 is 15.2 Å². The van der Waals surface area contributed by atoms with Crippen LogP contribution in [0, 0.1) is 0 Å². The van der Waals surface area contributed by atoms with Crippen LogP contribution in [0.2, 0.25) is 5.02 Å². The maximum absolute atomic E-state index is 11.1. The van der Waals surface area contributed by atoms with Gasteiger partial charge in [0.05, 0.1) is 25.0 Å². The fourth-order valence-corrected chi connectivity index (χ4v) is 2.64. The molecule has 0 saturated heterocycles. The summed E-state index contributed by atoms with van der Waals surface area (Å²) in [5, 5.41) is 0.381. The summed E-state index contributed by atoms with van der Waals surface area (Å²) >= 11 is 6.07. The number of rotatable bonds is 6. The molecule has 5 nitrogen and oxygen atoms in total. The quantitative estimate of drug-likeness (QED) is 0.867. The number of hydrogen-bond acceptors (Lipinski definition) is 5. The maximum Gasteiger partial charge on any atom is 0.179 e. The predicted octanol–water partition coefficient (Wildman–Crippen LogP) is 1.79. The Kier molecular flexibility index (Phi) is 5.46. The van der Waals surface area contributed by atoms with Gasteiger partial charge in [-0.2, -0.15) is 0 Å². The van der Waals surface area contributed by atoms with E-state index < -0.39 is 15.9 Å². The van der Waals surface area contributed by atoms with Gasteiger partial charge < -0.3 is 15.2 Å². The molecule has 0 saturated carbocycles. The van der Waals surface area contributed by atoms with Crippen molar-refractivity contribution in [3.05, 3.63) is 22.7 Å². The molecular weight excluding hydrogens is 290 g/mol. The molecule has 1 aromatic rings. The SMILES string of the molecule is COc1cc(C(N)CCS(C)(=O)=O)cc(Cl)c1OC. The zero-order chi connectivity index (χ0) is 14.6. The van der Waals surface area contributed by atoms with Crippen LogP contribution in [-0.2, 0) is 9.84 Å². The molecule has 0 aliphatic rings. The van der Waals surface area contributed by atoms with Crippen LogP contribution in [0.15, 0.2) is 12.1 Å². The highest BCUT2D eigenvalue weighted by Gasteiger charge is 2.16. The van der Waals surface area contributed by atoms with Crippen molar-refractivity contribution >= 4 is 21.4 Å². The molecule has 108 valence electrons. The second-order valence-corrected chi connectivity index (χ2v) is 6.93. The first-order valence-corrected chi connectivity index (χ1v) is 8.07. The van der Waals surface area contributed by atoms with Gasteiger partial charge in [-0.3, -0.25) is 0 Å². The molecule has 0 aliphatic heterocycles. The normalized spacial score (nSPS) is 13.1. The lowest BCUT2D eigenvalue weighted by Gasteiger charge is -2.16. The second kappa shape index (κ2) is 6.45. The third-order valence-corrected chi connectivity index (χ3v) is 3.94. The highest BCUT2D eigenvalue weighted by molar-refractivity contribution is 7.90. The minimum absolute atomic E-state index is 0.0279. The van der Waals surface area contributed by atoms with Crippen molar-refractivity contribution in [2.75, 3.05) is 26.2 Å². The monoisotopic (exact) mass is 307 g/mol. The van der Waals surface area contributed by atoms with E-state index in [2.05, 4.69) is 0 Å².